The van der Waals surface area contributed by atoms with Crippen LogP contribution >= 0.6 is 15.9 Å². The fourth-order valence-electron chi connectivity index (χ4n) is 2.46. The van der Waals surface area contributed by atoms with Gasteiger partial charge >= 0.3 is 0 Å². The fraction of sp³-hybridized carbons (Fsp3) is 0.714. The Kier molecular flexibility index (Phi) is 5.51. The molecule has 120 valence electrons. The van der Waals surface area contributed by atoms with Crippen LogP contribution in [0.5, 0.6) is 0 Å². The van der Waals surface area contributed by atoms with Crippen molar-refractivity contribution in [1.29, 1.82) is 0 Å². The summed E-state index contributed by atoms with van der Waals surface area (Å²) in [7, 11) is -3.53. The highest BCUT2D eigenvalue weighted by Gasteiger charge is 2.42. The molecule has 1 aromatic heterocycles. The first kappa shape index (κ1) is 17.0. The smallest absolute Gasteiger partial charge is 0.244 e. The van der Waals surface area contributed by atoms with Crippen molar-refractivity contribution in [3.05, 3.63) is 16.5 Å². The Balaban J connectivity index is 2.03. The minimum absolute atomic E-state index is 0.183. The second-order valence-corrected chi connectivity index (χ2v) is 8.16. The molecule has 1 aliphatic carbocycles. The van der Waals surface area contributed by atoms with Gasteiger partial charge in [-0.3, -0.25) is 0 Å². The van der Waals surface area contributed by atoms with Crippen LogP contribution in [0, 0.1) is 5.41 Å². The van der Waals surface area contributed by atoms with E-state index < -0.39 is 10.0 Å². The number of halogens is 1. The van der Waals surface area contributed by atoms with Crippen molar-refractivity contribution in [1.82, 2.24) is 10.0 Å². The molecule has 0 unspecified atom stereocenters. The summed E-state index contributed by atoms with van der Waals surface area (Å²) in [6, 6.07) is 1.58. The van der Waals surface area contributed by atoms with Crippen LogP contribution in [0.25, 0.3) is 0 Å². The number of sulfonamides is 1. The van der Waals surface area contributed by atoms with Crippen LogP contribution in [-0.4, -0.2) is 21.5 Å². The molecule has 0 amide bonds. The first-order valence-corrected chi connectivity index (χ1v) is 9.68. The van der Waals surface area contributed by atoms with Crippen LogP contribution in [-0.2, 0) is 16.6 Å². The van der Waals surface area contributed by atoms with Crippen molar-refractivity contribution in [2.75, 3.05) is 13.1 Å². The lowest BCUT2D eigenvalue weighted by Gasteiger charge is -2.14. The molecule has 21 heavy (non-hydrogen) atoms. The molecule has 0 bridgehead atoms. The molecule has 2 N–H and O–H groups in total. The molecule has 1 saturated carbocycles. The third-order valence-electron chi connectivity index (χ3n) is 3.92. The Morgan fingerprint density at radius 1 is 1.38 bits per heavy atom. The fourth-order valence-corrected chi connectivity index (χ4v) is 4.62. The van der Waals surface area contributed by atoms with E-state index in [1.807, 2.05) is 6.92 Å². The van der Waals surface area contributed by atoms with E-state index in [9.17, 15) is 8.42 Å². The zero-order valence-corrected chi connectivity index (χ0v) is 14.9. The zero-order valence-electron chi connectivity index (χ0n) is 12.5. The van der Waals surface area contributed by atoms with Crippen LogP contribution in [0.4, 0.5) is 0 Å². The average Bonchev–Trinajstić information content (AvgIpc) is 3.09. The zero-order chi connectivity index (χ0) is 15.5. The van der Waals surface area contributed by atoms with E-state index in [4.69, 9.17) is 4.42 Å². The summed E-state index contributed by atoms with van der Waals surface area (Å²) >= 11 is 3.20. The second kappa shape index (κ2) is 6.81. The van der Waals surface area contributed by atoms with Gasteiger partial charge in [0.25, 0.3) is 0 Å². The topological polar surface area (TPSA) is 71.3 Å². The van der Waals surface area contributed by atoms with Crippen molar-refractivity contribution in [2.45, 2.75) is 51.0 Å². The first-order chi connectivity index (χ1) is 9.92. The van der Waals surface area contributed by atoms with Crippen LogP contribution in [0.2, 0.25) is 0 Å². The lowest BCUT2D eigenvalue weighted by atomic mass is 10.0. The lowest BCUT2D eigenvalue weighted by molar-refractivity contribution is 0.447. The highest BCUT2D eigenvalue weighted by Crippen LogP contribution is 2.49. The van der Waals surface area contributed by atoms with Gasteiger partial charge in [0, 0.05) is 12.6 Å². The van der Waals surface area contributed by atoms with Crippen molar-refractivity contribution in [2.24, 2.45) is 5.41 Å². The van der Waals surface area contributed by atoms with Crippen molar-refractivity contribution < 1.29 is 12.8 Å². The molecule has 0 saturated heterocycles. The monoisotopic (exact) mass is 378 g/mol. The SMILES string of the molecule is CCCC1(CNS(=O)(=O)c2cc(CNCC)oc2Br)CC1. The van der Waals surface area contributed by atoms with Gasteiger partial charge in [-0.05, 0) is 47.2 Å². The molecule has 1 aromatic rings. The maximum absolute atomic E-state index is 12.4. The van der Waals surface area contributed by atoms with Gasteiger partial charge < -0.3 is 9.73 Å². The molecule has 1 heterocycles. The Bertz CT molecular complexity index is 579. The van der Waals surface area contributed by atoms with E-state index in [-0.39, 0.29) is 15.0 Å². The van der Waals surface area contributed by atoms with Gasteiger partial charge in [0.05, 0.1) is 6.54 Å². The van der Waals surface area contributed by atoms with E-state index in [1.165, 1.54) is 0 Å². The number of hydrogen-bond acceptors (Lipinski definition) is 4. The summed E-state index contributed by atoms with van der Waals surface area (Å²) in [5.74, 6) is 0.610. The van der Waals surface area contributed by atoms with Crippen molar-refractivity contribution in [3.8, 4) is 0 Å². The summed E-state index contributed by atoms with van der Waals surface area (Å²) in [6.07, 6.45) is 4.39. The van der Waals surface area contributed by atoms with Gasteiger partial charge in [-0.15, -0.1) is 0 Å². The Morgan fingerprint density at radius 3 is 2.67 bits per heavy atom. The largest absolute Gasteiger partial charge is 0.452 e. The maximum atomic E-state index is 12.4. The predicted molar refractivity (Wildman–Crippen MR) is 85.6 cm³/mol. The molecular weight excluding hydrogens is 356 g/mol. The summed E-state index contributed by atoms with van der Waals surface area (Å²) in [6.45, 7) is 5.96. The Morgan fingerprint density at radius 2 is 2.10 bits per heavy atom. The quantitative estimate of drug-likeness (QED) is 0.692. The number of nitrogens with one attached hydrogen (secondary N) is 2. The molecule has 0 aliphatic heterocycles. The van der Waals surface area contributed by atoms with Crippen LogP contribution in [0.3, 0.4) is 0 Å². The molecule has 1 aliphatic rings. The highest BCUT2D eigenvalue weighted by atomic mass is 79.9. The molecule has 0 spiro atoms. The maximum Gasteiger partial charge on any atom is 0.244 e. The van der Waals surface area contributed by atoms with Gasteiger partial charge in [0.15, 0.2) is 4.67 Å². The van der Waals surface area contributed by atoms with Gasteiger partial charge in [-0.2, -0.15) is 0 Å². The van der Waals surface area contributed by atoms with Crippen LogP contribution in [0.1, 0.15) is 45.3 Å². The Hall–Kier alpha value is -0.370. The molecule has 0 aromatic carbocycles. The predicted octanol–water partition coefficient (Wildman–Crippen LogP) is 3.01. The molecule has 2 rings (SSSR count). The van der Waals surface area contributed by atoms with Crippen molar-refractivity contribution in [3.63, 3.8) is 0 Å². The van der Waals surface area contributed by atoms with Gasteiger partial charge in [0.1, 0.15) is 10.7 Å². The van der Waals surface area contributed by atoms with E-state index in [1.54, 1.807) is 6.07 Å². The molecular formula is C14H23BrN2O3S. The summed E-state index contributed by atoms with van der Waals surface area (Å²) in [5, 5.41) is 3.11. The second-order valence-electron chi connectivity index (χ2n) is 5.71. The average molecular weight is 379 g/mol. The first-order valence-electron chi connectivity index (χ1n) is 7.41. The third-order valence-corrected chi connectivity index (χ3v) is 6.18. The molecule has 1 fully saturated rings. The highest BCUT2D eigenvalue weighted by molar-refractivity contribution is 9.10. The minimum atomic E-state index is -3.53. The molecule has 0 radical (unpaired) electrons. The lowest BCUT2D eigenvalue weighted by Crippen LogP contribution is -2.30. The minimum Gasteiger partial charge on any atom is -0.452 e. The number of rotatable bonds is 9. The van der Waals surface area contributed by atoms with E-state index >= 15 is 0 Å². The van der Waals surface area contributed by atoms with E-state index in [0.29, 0.717) is 18.8 Å². The number of hydrogen-bond donors (Lipinski definition) is 2. The van der Waals surface area contributed by atoms with Gasteiger partial charge in [-0.1, -0.05) is 20.3 Å². The third kappa shape index (κ3) is 4.31. The summed E-state index contributed by atoms with van der Waals surface area (Å²) in [4.78, 5) is 0.183. The van der Waals surface area contributed by atoms with E-state index in [2.05, 4.69) is 32.9 Å². The Labute approximate surface area is 135 Å². The molecule has 0 atom stereocenters. The summed E-state index contributed by atoms with van der Waals surface area (Å²) < 4.78 is 33.2. The summed E-state index contributed by atoms with van der Waals surface area (Å²) in [5.41, 5.74) is 0.185. The van der Waals surface area contributed by atoms with Crippen LogP contribution < -0.4 is 10.0 Å². The van der Waals surface area contributed by atoms with Crippen LogP contribution in [0.15, 0.2) is 20.0 Å². The van der Waals surface area contributed by atoms with Gasteiger partial charge in [0.2, 0.25) is 10.0 Å². The normalized spacial score (nSPS) is 17.1. The van der Waals surface area contributed by atoms with Crippen molar-refractivity contribution >= 4 is 26.0 Å². The standard InChI is InChI=1S/C14H23BrN2O3S/c1-3-5-14(6-7-14)10-17-21(18,19)12-8-11(9-16-4-2)20-13(12)15/h8,16-17H,3-7,9-10H2,1-2H3. The molecule has 5 nitrogen and oxygen atoms in total. The van der Waals surface area contributed by atoms with Gasteiger partial charge in [-0.25, -0.2) is 13.1 Å². The molecule has 7 heteroatoms. The number of furan rings is 1. The van der Waals surface area contributed by atoms with E-state index in [0.717, 1.165) is 32.2 Å².